The topological polar surface area (TPSA) is 53.0 Å². The molecule has 1 fully saturated rings. The molecule has 1 saturated heterocycles. The fraction of sp³-hybridized carbons (Fsp3) is 0.933. The Bertz CT molecular complexity index is 307. The van der Waals surface area contributed by atoms with Crippen LogP contribution < -0.4 is 0 Å². The Hall–Kier alpha value is -0.810. The van der Waals surface area contributed by atoms with E-state index in [0.29, 0.717) is 0 Å². The molecule has 0 aromatic rings. The molecule has 0 spiro atoms. The Morgan fingerprint density at radius 1 is 1.40 bits per heavy atom. The van der Waals surface area contributed by atoms with Gasteiger partial charge in [-0.1, -0.05) is 6.92 Å². The number of hydrogen-bond donors (Lipinski definition) is 1. The minimum Gasteiger partial charge on any atom is -0.444 e. The van der Waals surface area contributed by atoms with Crippen molar-refractivity contribution >= 4 is 6.09 Å². The molecule has 0 aromatic carbocycles. The Kier molecular flexibility index (Phi) is 6.27. The van der Waals surface area contributed by atoms with Gasteiger partial charge in [0.05, 0.1) is 6.10 Å². The van der Waals surface area contributed by atoms with Gasteiger partial charge < -0.3 is 19.6 Å². The predicted octanol–water partition coefficient (Wildman–Crippen LogP) is 2.09. The highest BCUT2D eigenvalue weighted by Gasteiger charge is 2.28. The van der Waals surface area contributed by atoms with E-state index in [0.717, 1.165) is 38.9 Å². The summed E-state index contributed by atoms with van der Waals surface area (Å²) in [5.41, 5.74) is -0.447. The van der Waals surface area contributed by atoms with E-state index in [4.69, 9.17) is 4.74 Å². The lowest BCUT2D eigenvalue weighted by atomic mass is 10.0. The van der Waals surface area contributed by atoms with Crippen LogP contribution in [0.25, 0.3) is 0 Å². The van der Waals surface area contributed by atoms with Crippen LogP contribution in [0.4, 0.5) is 4.79 Å². The molecule has 20 heavy (non-hydrogen) atoms. The van der Waals surface area contributed by atoms with Crippen LogP contribution in [0, 0.1) is 0 Å². The van der Waals surface area contributed by atoms with Gasteiger partial charge in [0.15, 0.2) is 0 Å². The van der Waals surface area contributed by atoms with E-state index >= 15 is 0 Å². The maximum absolute atomic E-state index is 12.0. The highest BCUT2D eigenvalue weighted by Crippen LogP contribution is 2.18. The highest BCUT2D eigenvalue weighted by molar-refractivity contribution is 5.68. The van der Waals surface area contributed by atoms with Gasteiger partial charge >= 0.3 is 6.09 Å². The molecule has 0 saturated carbocycles. The molecule has 1 unspecified atom stereocenters. The minimum atomic E-state index is -0.447. The van der Waals surface area contributed by atoms with E-state index in [1.807, 2.05) is 34.7 Å². The number of aliphatic hydroxyl groups excluding tert-OH is 1. The van der Waals surface area contributed by atoms with E-state index in [2.05, 4.69) is 4.90 Å². The molecule has 0 aromatic heterocycles. The second-order valence-electron chi connectivity index (χ2n) is 6.69. The van der Waals surface area contributed by atoms with Crippen LogP contribution in [0.15, 0.2) is 0 Å². The highest BCUT2D eigenvalue weighted by atomic mass is 16.6. The van der Waals surface area contributed by atoms with Gasteiger partial charge in [0.2, 0.25) is 0 Å². The molecular weight excluding hydrogens is 256 g/mol. The number of likely N-dealkylation sites (tertiary alicyclic amines) is 1. The molecular formula is C15H30N2O3. The summed E-state index contributed by atoms with van der Waals surface area (Å²) in [6, 6.07) is 0.236. The Balaban J connectivity index is 2.39. The summed E-state index contributed by atoms with van der Waals surface area (Å²) in [6.45, 7) is 10.2. The lowest BCUT2D eigenvalue weighted by Gasteiger charge is -2.37. The first-order valence-electron chi connectivity index (χ1n) is 7.59. The Morgan fingerprint density at radius 2 is 1.95 bits per heavy atom. The van der Waals surface area contributed by atoms with Crippen LogP contribution in [-0.2, 0) is 4.74 Å². The summed E-state index contributed by atoms with van der Waals surface area (Å²) in [5.74, 6) is 0. The summed E-state index contributed by atoms with van der Waals surface area (Å²) >= 11 is 0. The average molecular weight is 286 g/mol. The molecule has 1 amide bonds. The molecule has 1 N–H and O–H groups in total. The summed E-state index contributed by atoms with van der Waals surface area (Å²) in [7, 11) is 1.81. The normalized spacial score (nSPS) is 19.7. The van der Waals surface area contributed by atoms with E-state index < -0.39 is 5.60 Å². The van der Waals surface area contributed by atoms with Crippen LogP contribution in [0.3, 0.4) is 0 Å². The van der Waals surface area contributed by atoms with Crippen molar-refractivity contribution in [3.8, 4) is 0 Å². The van der Waals surface area contributed by atoms with Gasteiger partial charge in [-0.2, -0.15) is 0 Å². The molecule has 1 heterocycles. The van der Waals surface area contributed by atoms with E-state index in [1.54, 1.807) is 4.90 Å². The van der Waals surface area contributed by atoms with Crippen molar-refractivity contribution in [3.63, 3.8) is 0 Å². The third kappa shape index (κ3) is 5.67. The van der Waals surface area contributed by atoms with Gasteiger partial charge in [0, 0.05) is 32.7 Å². The standard InChI is InChI=1S/C15H30N2O3/c1-6-13(18)11-17-9-7-12(8-10-17)16(5)14(19)20-15(2,3)4/h12-13,18H,6-11H2,1-5H3. The average Bonchev–Trinajstić information content (AvgIpc) is 2.36. The number of carbonyl (C=O) groups excluding carboxylic acids is 1. The molecule has 0 bridgehead atoms. The number of piperidine rings is 1. The lowest BCUT2D eigenvalue weighted by molar-refractivity contribution is 0.0124. The van der Waals surface area contributed by atoms with Crippen molar-refractivity contribution in [3.05, 3.63) is 0 Å². The largest absolute Gasteiger partial charge is 0.444 e. The van der Waals surface area contributed by atoms with Crippen LogP contribution in [0.5, 0.6) is 0 Å². The second-order valence-corrected chi connectivity index (χ2v) is 6.69. The van der Waals surface area contributed by atoms with Crippen LogP contribution in [-0.4, -0.2) is 65.4 Å². The first-order valence-corrected chi connectivity index (χ1v) is 7.59. The van der Waals surface area contributed by atoms with Gasteiger partial charge in [0.1, 0.15) is 5.60 Å². The van der Waals surface area contributed by atoms with E-state index in [9.17, 15) is 9.90 Å². The molecule has 5 heteroatoms. The van der Waals surface area contributed by atoms with Crippen LogP contribution in [0.2, 0.25) is 0 Å². The maximum Gasteiger partial charge on any atom is 0.410 e. The van der Waals surface area contributed by atoms with Gasteiger partial charge in [0.25, 0.3) is 0 Å². The first kappa shape index (κ1) is 17.2. The molecule has 0 aliphatic carbocycles. The predicted molar refractivity (Wildman–Crippen MR) is 79.8 cm³/mol. The summed E-state index contributed by atoms with van der Waals surface area (Å²) in [4.78, 5) is 16.0. The van der Waals surface area contributed by atoms with Crippen molar-refractivity contribution in [2.75, 3.05) is 26.7 Å². The van der Waals surface area contributed by atoms with Crippen LogP contribution in [0.1, 0.15) is 47.0 Å². The van der Waals surface area contributed by atoms with Crippen molar-refractivity contribution in [1.82, 2.24) is 9.80 Å². The molecule has 1 aliphatic rings. The lowest BCUT2D eigenvalue weighted by Crippen LogP contribution is -2.48. The molecule has 1 atom stereocenters. The fourth-order valence-electron chi connectivity index (χ4n) is 2.40. The monoisotopic (exact) mass is 286 g/mol. The first-order chi connectivity index (χ1) is 9.23. The van der Waals surface area contributed by atoms with Crippen LogP contribution >= 0.6 is 0 Å². The number of ether oxygens (including phenoxy) is 1. The number of β-amino-alcohol motifs (C(OH)–C–C–N with tert-alkyl or cyclic N) is 1. The fourth-order valence-corrected chi connectivity index (χ4v) is 2.40. The number of carbonyl (C=O) groups is 1. The van der Waals surface area contributed by atoms with E-state index in [-0.39, 0.29) is 18.2 Å². The zero-order chi connectivity index (χ0) is 15.3. The molecule has 1 rings (SSSR count). The number of rotatable bonds is 4. The van der Waals surface area contributed by atoms with E-state index in [1.165, 1.54) is 0 Å². The van der Waals surface area contributed by atoms with Gasteiger partial charge in [-0.25, -0.2) is 4.79 Å². The zero-order valence-electron chi connectivity index (χ0n) is 13.6. The Labute approximate surface area is 122 Å². The smallest absolute Gasteiger partial charge is 0.410 e. The Morgan fingerprint density at radius 3 is 2.40 bits per heavy atom. The third-order valence-corrected chi connectivity index (χ3v) is 3.73. The quantitative estimate of drug-likeness (QED) is 0.860. The molecule has 1 aliphatic heterocycles. The summed E-state index contributed by atoms with van der Waals surface area (Å²) in [5, 5.41) is 9.67. The van der Waals surface area contributed by atoms with Crippen molar-refractivity contribution in [1.29, 1.82) is 0 Å². The summed E-state index contributed by atoms with van der Waals surface area (Å²) < 4.78 is 5.39. The van der Waals surface area contributed by atoms with Crippen molar-refractivity contribution < 1.29 is 14.6 Å². The van der Waals surface area contributed by atoms with Gasteiger partial charge in [-0.15, -0.1) is 0 Å². The number of aliphatic hydroxyl groups is 1. The number of nitrogens with zero attached hydrogens (tertiary/aromatic N) is 2. The third-order valence-electron chi connectivity index (χ3n) is 3.73. The minimum absolute atomic E-state index is 0.236. The van der Waals surface area contributed by atoms with Gasteiger partial charge in [-0.05, 0) is 40.0 Å². The number of amides is 1. The number of hydrogen-bond acceptors (Lipinski definition) is 4. The SMILES string of the molecule is CCC(O)CN1CCC(N(C)C(=O)OC(C)(C)C)CC1. The van der Waals surface area contributed by atoms with Crippen molar-refractivity contribution in [2.45, 2.75) is 64.7 Å². The van der Waals surface area contributed by atoms with Crippen molar-refractivity contribution in [2.24, 2.45) is 0 Å². The van der Waals surface area contributed by atoms with Gasteiger partial charge in [-0.3, -0.25) is 0 Å². The molecule has 0 radical (unpaired) electrons. The summed E-state index contributed by atoms with van der Waals surface area (Å²) in [6.07, 6.45) is 2.18. The molecule has 5 nitrogen and oxygen atoms in total. The second kappa shape index (κ2) is 7.27. The maximum atomic E-state index is 12.0. The molecule has 118 valence electrons. The zero-order valence-corrected chi connectivity index (χ0v) is 13.6.